The number of likely N-dealkylation sites (tertiary alicyclic amines) is 1. The molecule has 0 unspecified atom stereocenters. The lowest BCUT2D eigenvalue weighted by Gasteiger charge is -2.32. The first kappa shape index (κ1) is 26.8. The molecule has 1 atom stereocenters. The Hall–Kier alpha value is -3.79. The highest BCUT2D eigenvalue weighted by atomic mass is 32.2. The fourth-order valence-corrected chi connectivity index (χ4v) is 6.57. The van der Waals surface area contributed by atoms with Gasteiger partial charge in [0.05, 0.1) is 16.6 Å². The summed E-state index contributed by atoms with van der Waals surface area (Å²) in [6.45, 7) is 2.62. The molecule has 1 aromatic heterocycles. The number of carbonyl (C=O) groups is 2. The molecule has 3 heterocycles. The third-order valence-corrected chi connectivity index (χ3v) is 9.36. The summed E-state index contributed by atoms with van der Waals surface area (Å²) in [6, 6.07) is 20.0. The van der Waals surface area contributed by atoms with Crippen molar-refractivity contribution in [1.82, 2.24) is 15.1 Å². The molecule has 2 aliphatic rings. The molecule has 2 aromatic carbocycles. The molecule has 0 bridgehead atoms. The molecular weight excluding hydrogens is 514 g/mol. The minimum Gasteiger partial charge on any atom is -0.354 e. The van der Waals surface area contributed by atoms with Crippen LogP contribution in [0.15, 0.2) is 77.8 Å². The number of piperidine rings is 1. The zero-order valence-corrected chi connectivity index (χ0v) is 22.6. The van der Waals surface area contributed by atoms with Gasteiger partial charge in [0, 0.05) is 44.5 Å². The van der Waals surface area contributed by atoms with Gasteiger partial charge in [-0.15, -0.1) is 5.10 Å². The highest BCUT2D eigenvalue weighted by molar-refractivity contribution is 7.91. The lowest BCUT2D eigenvalue weighted by Crippen LogP contribution is -2.38. The van der Waals surface area contributed by atoms with Gasteiger partial charge in [-0.3, -0.25) is 9.59 Å². The van der Waals surface area contributed by atoms with E-state index in [2.05, 4.69) is 20.4 Å². The molecule has 2 aliphatic heterocycles. The van der Waals surface area contributed by atoms with Crippen LogP contribution in [0.25, 0.3) is 0 Å². The second-order valence-corrected chi connectivity index (χ2v) is 12.3. The fraction of sp³-hybridized carbons (Fsp3) is 0.379. The fourth-order valence-electron chi connectivity index (χ4n) is 5.32. The first-order valence-corrected chi connectivity index (χ1v) is 15.0. The number of nitrogens with one attached hydrogen (secondary N) is 1. The van der Waals surface area contributed by atoms with Crippen molar-refractivity contribution in [3.05, 3.63) is 78.5 Å². The second kappa shape index (κ2) is 11.9. The van der Waals surface area contributed by atoms with Crippen molar-refractivity contribution in [2.24, 2.45) is 5.92 Å². The summed E-state index contributed by atoms with van der Waals surface area (Å²) < 4.78 is 25.0. The lowest BCUT2D eigenvalue weighted by atomic mass is 9.89. The topological polar surface area (TPSA) is 113 Å². The van der Waals surface area contributed by atoms with E-state index in [9.17, 15) is 18.0 Å². The van der Waals surface area contributed by atoms with Crippen LogP contribution in [0.4, 0.5) is 11.5 Å². The van der Waals surface area contributed by atoms with Crippen molar-refractivity contribution in [2.75, 3.05) is 42.1 Å². The van der Waals surface area contributed by atoms with E-state index in [1.807, 2.05) is 36.4 Å². The third kappa shape index (κ3) is 6.62. The summed E-state index contributed by atoms with van der Waals surface area (Å²) >= 11 is 0. The van der Waals surface area contributed by atoms with E-state index in [1.165, 1.54) is 5.56 Å². The van der Waals surface area contributed by atoms with Crippen molar-refractivity contribution in [1.29, 1.82) is 0 Å². The Bertz CT molecular complexity index is 1380. The molecule has 0 spiro atoms. The van der Waals surface area contributed by atoms with Crippen molar-refractivity contribution >= 4 is 33.2 Å². The van der Waals surface area contributed by atoms with E-state index >= 15 is 0 Å². The van der Waals surface area contributed by atoms with Gasteiger partial charge < -0.3 is 15.1 Å². The molecule has 2 fully saturated rings. The quantitative estimate of drug-likeness (QED) is 0.459. The monoisotopic (exact) mass is 547 g/mol. The van der Waals surface area contributed by atoms with Gasteiger partial charge in [-0.05, 0) is 67.1 Å². The maximum atomic E-state index is 12.8. The molecule has 39 heavy (non-hydrogen) atoms. The van der Waals surface area contributed by atoms with Gasteiger partial charge in [0.15, 0.2) is 15.7 Å². The number of sulfone groups is 1. The van der Waals surface area contributed by atoms with Crippen molar-refractivity contribution in [3.63, 3.8) is 0 Å². The molecular formula is C29H33N5O4S. The number of amides is 2. The van der Waals surface area contributed by atoms with Gasteiger partial charge in [-0.25, -0.2) is 8.42 Å². The zero-order valence-electron chi connectivity index (χ0n) is 21.8. The smallest absolute Gasteiger partial charge is 0.229 e. The number of aromatic nitrogens is 2. The first-order chi connectivity index (χ1) is 18.9. The van der Waals surface area contributed by atoms with Crippen LogP contribution in [-0.2, 0) is 19.4 Å². The normalized spacial score (nSPS) is 18.2. The van der Waals surface area contributed by atoms with Gasteiger partial charge in [0.2, 0.25) is 11.8 Å². The van der Waals surface area contributed by atoms with E-state index < -0.39 is 9.84 Å². The SMILES string of the molecule is O=C(Nc1ccc(C2CCN(C(=O)CCS(=O)(=O)c3ccccc3)CC2)cc1)[C@H]1CCN(c2cccnn2)C1. The van der Waals surface area contributed by atoms with Crippen LogP contribution >= 0.6 is 0 Å². The van der Waals surface area contributed by atoms with Crippen LogP contribution in [0.3, 0.4) is 0 Å². The van der Waals surface area contributed by atoms with E-state index in [0.717, 1.165) is 37.3 Å². The van der Waals surface area contributed by atoms with E-state index in [0.29, 0.717) is 25.6 Å². The van der Waals surface area contributed by atoms with Crippen LogP contribution in [-0.4, -0.2) is 67.3 Å². The van der Waals surface area contributed by atoms with Crippen LogP contribution in [0.2, 0.25) is 0 Å². The Morgan fingerprint density at radius 2 is 1.64 bits per heavy atom. The Kier molecular flexibility index (Phi) is 8.21. The summed E-state index contributed by atoms with van der Waals surface area (Å²) in [4.78, 5) is 29.6. The highest BCUT2D eigenvalue weighted by Crippen LogP contribution is 2.30. The average molecular weight is 548 g/mol. The van der Waals surface area contributed by atoms with Crippen molar-refractivity contribution in [2.45, 2.75) is 36.5 Å². The summed E-state index contributed by atoms with van der Waals surface area (Å²) in [5.41, 5.74) is 1.95. The first-order valence-electron chi connectivity index (χ1n) is 13.4. The number of hydrogen-bond donors (Lipinski definition) is 1. The van der Waals surface area contributed by atoms with Gasteiger partial charge in [0.25, 0.3) is 0 Å². The van der Waals surface area contributed by atoms with Gasteiger partial charge in [-0.2, -0.15) is 5.10 Å². The predicted octanol–water partition coefficient (Wildman–Crippen LogP) is 3.51. The largest absolute Gasteiger partial charge is 0.354 e. The number of anilines is 2. The molecule has 0 radical (unpaired) electrons. The number of hydrogen-bond acceptors (Lipinski definition) is 7. The van der Waals surface area contributed by atoms with Crippen molar-refractivity contribution < 1.29 is 18.0 Å². The number of nitrogens with zero attached hydrogens (tertiary/aromatic N) is 4. The zero-order chi connectivity index (χ0) is 27.2. The molecule has 2 saturated heterocycles. The van der Waals surface area contributed by atoms with Crippen molar-refractivity contribution in [3.8, 4) is 0 Å². The number of rotatable bonds is 8. The Morgan fingerprint density at radius 1 is 0.897 bits per heavy atom. The minimum atomic E-state index is -3.47. The van der Waals surface area contributed by atoms with Crippen LogP contribution in [0.5, 0.6) is 0 Å². The molecule has 0 aliphatic carbocycles. The Morgan fingerprint density at radius 3 is 2.33 bits per heavy atom. The molecule has 9 nitrogen and oxygen atoms in total. The maximum Gasteiger partial charge on any atom is 0.229 e. The third-order valence-electron chi connectivity index (χ3n) is 7.63. The summed E-state index contributed by atoms with van der Waals surface area (Å²) in [5.74, 6) is 0.731. The van der Waals surface area contributed by atoms with E-state index in [1.54, 1.807) is 41.4 Å². The summed E-state index contributed by atoms with van der Waals surface area (Å²) in [6.07, 6.45) is 4.05. The van der Waals surface area contributed by atoms with Gasteiger partial charge in [0.1, 0.15) is 0 Å². The number of benzene rings is 2. The minimum absolute atomic E-state index is 0.00616. The molecule has 3 aromatic rings. The molecule has 204 valence electrons. The Balaban J connectivity index is 1.07. The van der Waals surface area contributed by atoms with Gasteiger partial charge >= 0.3 is 0 Å². The second-order valence-electron chi connectivity index (χ2n) is 10.2. The van der Waals surface area contributed by atoms with Crippen LogP contribution in [0.1, 0.15) is 37.2 Å². The average Bonchev–Trinajstić information content (AvgIpc) is 3.48. The van der Waals surface area contributed by atoms with Crippen LogP contribution in [0, 0.1) is 5.92 Å². The predicted molar refractivity (Wildman–Crippen MR) is 149 cm³/mol. The number of carbonyl (C=O) groups excluding carboxylic acids is 2. The van der Waals surface area contributed by atoms with E-state index in [4.69, 9.17) is 0 Å². The Labute approximate surface area is 229 Å². The molecule has 1 N–H and O–H groups in total. The summed E-state index contributed by atoms with van der Waals surface area (Å²) in [7, 11) is -3.47. The van der Waals surface area contributed by atoms with Crippen LogP contribution < -0.4 is 10.2 Å². The summed E-state index contributed by atoms with van der Waals surface area (Å²) in [5, 5.41) is 11.1. The maximum absolute atomic E-state index is 12.8. The standard InChI is InChI=1S/C29H33N5O4S/c35-28(15-20-39(37,38)26-5-2-1-3-6-26)33-17-12-23(13-18-33)22-8-10-25(11-9-22)31-29(36)24-14-19-34(21-24)27-7-4-16-30-32-27/h1-11,16,23-24H,12-15,17-21H2,(H,31,36)/t24-/m0/s1. The molecule has 2 amide bonds. The molecule has 10 heteroatoms. The van der Waals surface area contributed by atoms with Gasteiger partial charge in [-0.1, -0.05) is 30.3 Å². The lowest BCUT2D eigenvalue weighted by molar-refractivity contribution is -0.131. The highest BCUT2D eigenvalue weighted by Gasteiger charge is 2.29. The molecule has 5 rings (SSSR count). The van der Waals surface area contributed by atoms with E-state index in [-0.39, 0.29) is 34.8 Å². The molecule has 0 saturated carbocycles.